The smallest absolute Gasteiger partial charge is 0.322 e. The van der Waals surface area contributed by atoms with E-state index in [1.54, 1.807) is 6.92 Å². The van der Waals surface area contributed by atoms with Gasteiger partial charge in [0.2, 0.25) is 10.0 Å². The van der Waals surface area contributed by atoms with Crippen LogP contribution in [0.15, 0.2) is 17.0 Å². The van der Waals surface area contributed by atoms with E-state index in [1.807, 2.05) is 0 Å². The number of carbonyl (C=O) groups is 1. The Balaban J connectivity index is 2.50. The highest BCUT2D eigenvalue weighted by atomic mass is 35.5. The molecule has 22 heavy (non-hydrogen) atoms. The molecule has 6 nitrogen and oxygen atoms in total. The minimum Gasteiger partial charge on any atom is -0.495 e. The first-order chi connectivity index (χ1) is 10.3. The summed E-state index contributed by atoms with van der Waals surface area (Å²) in [4.78, 5) is 11.4. The number of benzene rings is 1. The van der Waals surface area contributed by atoms with Gasteiger partial charge in [-0.1, -0.05) is 11.6 Å². The Morgan fingerprint density at radius 1 is 1.41 bits per heavy atom. The van der Waals surface area contributed by atoms with Crippen molar-refractivity contribution >= 4 is 27.6 Å². The van der Waals surface area contributed by atoms with E-state index in [0.717, 1.165) is 4.31 Å². The van der Waals surface area contributed by atoms with Crippen LogP contribution in [0.3, 0.4) is 0 Å². The van der Waals surface area contributed by atoms with E-state index < -0.39 is 22.0 Å². The molecule has 1 aromatic carbocycles. The highest BCUT2D eigenvalue weighted by molar-refractivity contribution is 7.89. The Kier molecular flexibility index (Phi) is 4.99. The van der Waals surface area contributed by atoms with Crippen LogP contribution in [-0.2, 0) is 14.8 Å². The fourth-order valence-corrected chi connectivity index (χ4v) is 4.83. The zero-order valence-corrected chi connectivity index (χ0v) is 13.9. The average Bonchev–Trinajstić information content (AvgIpc) is 2.48. The first-order valence-corrected chi connectivity index (χ1v) is 8.69. The lowest BCUT2D eigenvalue weighted by Gasteiger charge is -2.32. The fourth-order valence-electron chi connectivity index (χ4n) is 2.64. The maximum atomic E-state index is 12.8. The van der Waals surface area contributed by atoms with Gasteiger partial charge in [-0.15, -0.1) is 0 Å². The number of nitrogens with zero attached hydrogens (tertiary/aromatic N) is 1. The quantitative estimate of drug-likeness (QED) is 0.903. The molecule has 0 radical (unpaired) electrons. The van der Waals surface area contributed by atoms with E-state index in [-0.39, 0.29) is 16.5 Å². The summed E-state index contributed by atoms with van der Waals surface area (Å²) in [6.45, 7) is 1.83. The number of methoxy groups -OCH3 is 1. The van der Waals surface area contributed by atoms with E-state index in [1.165, 1.54) is 19.2 Å². The second-order valence-electron chi connectivity index (χ2n) is 5.22. The van der Waals surface area contributed by atoms with Crippen molar-refractivity contribution in [1.29, 1.82) is 0 Å². The third kappa shape index (κ3) is 3.06. The van der Waals surface area contributed by atoms with Crippen molar-refractivity contribution in [2.24, 2.45) is 0 Å². The van der Waals surface area contributed by atoms with Gasteiger partial charge in [0.1, 0.15) is 11.8 Å². The van der Waals surface area contributed by atoms with Gasteiger partial charge in [0.25, 0.3) is 0 Å². The summed E-state index contributed by atoms with van der Waals surface area (Å²) in [7, 11) is -2.48. The lowest BCUT2D eigenvalue weighted by molar-refractivity contribution is -0.142. The normalized spacial score (nSPS) is 19.9. The lowest BCUT2D eigenvalue weighted by Crippen LogP contribution is -2.47. The van der Waals surface area contributed by atoms with Gasteiger partial charge in [0, 0.05) is 6.54 Å². The summed E-state index contributed by atoms with van der Waals surface area (Å²) in [5.41, 5.74) is 0.468. The first kappa shape index (κ1) is 17.1. The molecule has 1 fully saturated rings. The van der Waals surface area contributed by atoms with Gasteiger partial charge < -0.3 is 9.84 Å². The number of hydrogen-bond acceptors (Lipinski definition) is 4. The predicted molar refractivity (Wildman–Crippen MR) is 81.9 cm³/mol. The van der Waals surface area contributed by atoms with Crippen molar-refractivity contribution in [3.05, 3.63) is 22.7 Å². The number of rotatable bonds is 4. The number of aryl methyl sites for hydroxylation is 1. The molecule has 0 bridgehead atoms. The second-order valence-corrected chi connectivity index (χ2v) is 7.48. The molecule has 1 aliphatic heterocycles. The van der Waals surface area contributed by atoms with Crippen molar-refractivity contribution in [2.75, 3.05) is 13.7 Å². The van der Waals surface area contributed by atoms with Gasteiger partial charge in [0.05, 0.1) is 17.0 Å². The topological polar surface area (TPSA) is 83.9 Å². The van der Waals surface area contributed by atoms with Crippen LogP contribution in [-0.4, -0.2) is 43.5 Å². The number of aliphatic carboxylic acids is 1. The molecule has 1 N–H and O–H groups in total. The van der Waals surface area contributed by atoms with Crippen molar-refractivity contribution in [2.45, 2.75) is 37.1 Å². The maximum absolute atomic E-state index is 12.8. The Bertz CT molecular complexity index is 689. The number of carboxylic acid groups (broad SMARTS) is 1. The van der Waals surface area contributed by atoms with Crippen LogP contribution in [0.5, 0.6) is 5.75 Å². The molecule has 8 heteroatoms. The van der Waals surface area contributed by atoms with Crippen LogP contribution in [0, 0.1) is 6.92 Å². The van der Waals surface area contributed by atoms with Crippen LogP contribution >= 0.6 is 11.6 Å². The van der Waals surface area contributed by atoms with E-state index in [9.17, 15) is 18.3 Å². The fraction of sp³-hybridized carbons (Fsp3) is 0.500. The molecular weight excluding hydrogens is 330 g/mol. The van der Waals surface area contributed by atoms with Gasteiger partial charge in [0.15, 0.2) is 0 Å². The summed E-state index contributed by atoms with van der Waals surface area (Å²) in [6, 6.07) is 1.83. The Morgan fingerprint density at radius 3 is 2.68 bits per heavy atom. The standard InChI is InChI=1S/C14H18ClNO5S/c1-9-7-12(21-2)10(15)8-13(9)22(19,20)16-6-4-3-5-11(16)14(17)18/h7-8,11H,3-6H2,1-2H3,(H,17,18)/t11-/m0/s1. The second kappa shape index (κ2) is 6.44. The molecular formula is C14H18ClNO5S. The molecule has 0 amide bonds. The first-order valence-electron chi connectivity index (χ1n) is 6.88. The highest BCUT2D eigenvalue weighted by Crippen LogP contribution is 2.33. The zero-order chi connectivity index (χ0) is 16.5. The van der Waals surface area contributed by atoms with Gasteiger partial charge in [-0.25, -0.2) is 8.42 Å². The van der Waals surface area contributed by atoms with Crippen molar-refractivity contribution < 1.29 is 23.1 Å². The zero-order valence-electron chi connectivity index (χ0n) is 12.4. The summed E-state index contributed by atoms with van der Waals surface area (Å²) >= 11 is 6.02. The molecule has 0 aromatic heterocycles. The van der Waals surface area contributed by atoms with E-state index in [0.29, 0.717) is 30.6 Å². The molecule has 2 rings (SSSR count). The van der Waals surface area contributed by atoms with E-state index in [2.05, 4.69) is 0 Å². The summed E-state index contributed by atoms with van der Waals surface area (Å²) in [5, 5.41) is 9.45. The summed E-state index contributed by atoms with van der Waals surface area (Å²) < 4.78 is 31.8. The number of sulfonamides is 1. The summed E-state index contributed by atoms with van der Waals surface area (Å²) in [5.74, 6) is -0.743. The summed E-state index contributed by atoms with van der Waals surface area (Å²) in [6.07, 6.45) is 1.66. The molecule has 0 unspecified atom stereocenters. The van der Waals surface area contributed by atoms with E-state index >= 15 is 0 Å². The van der Waals surface area contributed by atoms with Crippen LogP contribution in [0.2, 0.25) is 5.02 Å². The number of carboxylic acids is 1. The van der Waals surface area contributed by atoms with Crippen LogP contribution < -0.4 is 4.74 Å². The minimum absolute atomic E-state index is 0.0199. The molecule has 1 atom stereocenters. The number of piperidine rings is 1. The lowest BCUT2D eigenvalue weighted by atomic mass is 10.1. The van der Waals surface area contributed by atoms with Crippen LogP contribution in [0.25, 0.3) is 0 Å². The predicted octanol–water partition coefficient (Wildman–Crippen LogP) is 2.28. The molecule has 0 spiro atoms. The third-order valence-electron chi connectivity index (χ3n) is 3.77. The Labute approximate surface area is 134 Å². The molecule has 1 heterocycles. The molecule has 0 aliphatic carbocycles. The number of ether oxygens (including phenoxy) is 1. The van der Waals surface area contributed by atoms with Gasteiger partial charge >= 0.3 is 5.97 Å². The molecule has 0 saturated carbocycles. The van der Waals surface area contributed by atoms with Gasteiger partial charge in [-0.05, 0) is 43.9 Å². The average molecular weight is 348 g/mol. The van der Waals surface area contributed by atoms with E-state index in [4.69, 9.17) is 16.3 Å². The Morgan fingerprint density at radius 2 is 2.09 bits per heavy atom. The molecule has 122 valence electrons. The van der Waals surface area contributed by atoms with Crippen molar-refractivity contribution in [1.82, 2.24) is 4.31 Å². The monoisotopic (exact) mass is 347 g/mol. The number of hydrogen-bond donors (Lipinski definition) is 1. The maximum Gasteiger partial charge on any atom is 0.322 e. The van der Waals surface area contributed by atoms with Crippen molar-refractivity contribution in [3.8, 4) is 5.75 Å². The van der Waals surface area contributed by atoms with Crippen LogP contribution in [0.1, 0.15) is 24.8 Å². The Hall–Kier alpha value is -1.31. The van der Waals surface area contributed by atoms with Crippen LogP contribution in [0.4, 0.5) is 0 Å². The molecule has 1 aromatic rings. The molecule has 1 saturated heterocycles. The highest BCUT2D eigenvalue weighted by Gasteiger charge is 2.38. The van der Waals surface area contributed by atoms with Gasteiger partial charge in [-0.3, -0.25) is 4.79 Å². The minimum atomic E-state index is -3.92. The number of halogens is 1. The largest absolute Gasteiger partial charge is 0.495 e. The van der Waals surface area contributed by atoms with Gasteiger partial charge in [-0.2, -0.15) is 4.31 Å². The molecule has 1 aliphatic rings. The van der Waals surface area contributed by atoms with Crippen molar-refractivity contribution in [3.63, 3.8) is 0 Å². The third-order valence-corrected chi connectivity index (χ3v) is 6.12. The SMILES string of the molecule is COc1cc(C)c(S(=O)(=O)N2CCCC[C@H]2C(=O)O)cc1Cl.